The van der Waals surface area contributed by atoms with Gasteiger partial charge in [-0.1, -0.05) is 0 Å². The summed E-state index contributed by atoms with van der Waals surface area (Å²) >= 11 is 0. The maximum absolute atomic E-state index is 5.75. The van der Waals surface area contributed by atoms with E-state index < -0.39 is 0 Å². The van der Waals surface area contributed by atoms with Gasteiger partial charge in [-0.05, 0) is 68.7 Å². The predicted molar refractivity (Wildman–Crippen MR) is 135 cm³/mol. The normalized spacial score (nSPS) is 18.9. The van der Waals surface area contributed by atoms with Gasteiger partial charge in [0.1, 0.15) is 5.82 Å². The maximum Gasteiger partial charge on any atom is 0.227 e. The van der Waals surface area contributed by atoms with Crippen molar-refractivity contribution in [2.75, 3.05) is 48.4 Å². The Morgan fingerprint density at radius 3 is 2.85 bits per heavy atom. The van der Waals surface area contributed by atoms with E-state index >= 15 is 0 Å². The molecule has 3 aromatic rings. The molecule has 2 aliphatic heterocycles. The summed E-state index contributed by atoms with van der Waals surface area (Å²) in [6.07, 6.45) is 6.08. The number of benzene rings is 1. The summed E-state index contributed by atoms with van der Waals surface area (Å²) in [5, 5.41) is 6.67. The van der Waals surface area contributed by atoms with Gasteiger partial charge in [0.15, 0.2) is 0 Å². The van der Waals surface area contributed by atoms with Crippen molar-refractivity contribution >= 4 is 23.1 Å². The summed E-state index contributed by atoms with van der Waals surface area (Å²) in [7, 11) is 0. The van der Waals surface area contributed by atoms with Crippen LogP contribution in [0, 0.1) is 6.92 Å². The van der Waals surface area contributed by atoms with Crippen molar-refractivity contribution in [1.29, 1.82) is 0 Å². The van der Waals surface area contributed by atoms with Crippen molar-refractivity contribution < 1.29 is 9.47 Å². The lowest BCUT2D eigenvalue weighted by Gasteiger charge is -2.30. The van der Waals surface area contributed by atoms with Crippen LogP contribution in [0.1, 0.15) is 25.3 Å². The molecule has 1 aromatic carbocycles. The third-order valence-corrected chi connectivity index (χ3v) is 6.35. The van der Waals surface area contributed by atoms with Crippen LogP contribution in [0.5, 0.6) is 0 Å². The van der Waals surface area contributed by atoms with Crippen LogP contribution >= 0.6 is 0 Å². The van der Waals surface area contributed by atoms with E-state index in [9.17, 15) is 0 Å². The van der Waals surface area contributed by atoms with E-state index in [4.69, 9.17) is 14.5 Å². The second-order valence-electron chi connectivity index (χ2n) is 8.80. The highest BCUT2D eigenvalue weighted by Crippen LogP contribution is 2.35. The molecule has 0 radical (unpaired) electrons. The lowest BCUT2D eigenvalue weighted by atomic mass is 10.1. The first-order chi connectivity index (χ1) is 16.7. The van der Waals surface area contributed by atoms with Crippen molar-refractivity contribution in [3.05, 3.63) is 54.4 Å². The minimum atomic E-state index is 0.387. The first-order valence-corrected chi connectivity index (χ1v) is 12.1. The zero-order chi connectivity index (χ0) is 23.3. The van der Waals surface area contributed by atoms with E-state index in [1.165, 1.54) is 11.3 Å². The van der Waals surface area contributed by atoms with Crippen molar-refractivity contribution in [2.24, 2.45) is 0 Å². The molecule has 2 fully saturated rings. The van der Waals surface area contributed by atoms with Crippen LogP contribution in [-0.2, 0) is 9.47 Å². The predicted octanol–water partition coefficient (Wildman–Crippen LogP) is 4.41. The highest BCUT2D eigenvalue weighted by molar-refractivity contribution is 5.66. The second kappa shape index (κ2) is 10.4. The third-order valence-electron chi connectivity index (χ3n) is 6.35. The lowest BCUT2D eigenvalue weighted by molar-refractivity contribution is 0.0991. The third kappa shape index (κ3) is 5.13. The molecule has 0 amide bonds. The van der Waals surface area contributed by atoms with Crippen LogP contribution in [0.2, 0.25) is 0 Å². The Hall–Kier alpha value is -3.23. The van der Waals surface area contributed by atoms with E-state index in [0.29, 0.717) is 18.1 Å². The Morgan fingerprint density at radius 1 is 1.18 bits per heavy atom. The first-order valence-electron chi connectivity index (χ1n) is 12.1. The van der Waals surface area contributed by atoms with Crippen LogP contribution in [-0.4, -0.2) is 60.0 Å². The number of pyridine rings is 1. The van der Waals surface area contributed by atoms with Crippen LogP contribution in [0.25, 0.3) is 11.3 Å². The fourth-order valence-corrected chi connectivity index (χ4v) is 4.64. The number of rotatable bonds is 10. The number of fused-ring (bicyclic) bond motifs is 2. The molecular weight excluding hydrogens is 428 g/mol. The molecule has 5 rings (SSSR count). The topological polar surface area (TPSA) is 84.4 Å². The number of aromatic nitrogens is 3. The minimum absolute atomic E-state index is 0.387. The molecule has 0 saturated carbocycles. The van der Waals surface area contributed by atoms with E-state index in [-0.39, 0.29) is 0 Å². The van der Waals surface area contributed by atoms with Crippen molar-refractivity contribution in [3.63, 3.8) is 0 Å². The highest BCUT2D eigenvalue weighted by Gasteiger charge is 2.39. The van der Waals surface area contributed by atoms with Crippen LogP contribution in [0.15, 0.2) is 48.8 Å². The zero-order valence-electron chi connectivity index (χ0n) is 19.8. The van der Waals surface area contributed by atoms with Gasteiger partial charge >= 0.3 is 0 Å². The fourth-order valence-electron chi connectivity index (χ4n) is 4.64. The van der Waals surface area contributed by atoms with Gasteiger partial charge in [0.05, 0.1) is 24.4 Å². The molecule has 0 unspecified atom stereocenters. The van der Waals surface area contributed by atoms with Gasteiger partial charge in [-0.3, -0.25) is 0 Å². The molecule has 2 N–H and O–H groups in total. The molecule has 0 aliphatic carbocycles. The van der Waals surface area contributed by atoms with Crippen molar-refractivity contribution in [3.8, 4) is 11.3 Å². The Bertz CT molecular complexity index is 1110. The molecule has 0 spiro atoms. The molecule has 178 valence electrons. The summed E-state index contributed by atoms with van der Waals surface area (Å²) in [5.74, 6) is 1.41. The van der Waals surface area contributed by atoms with Gasteiger partial charge in [0.2, 0.25) is 5.95 Å². The van der Waals surface area contributed by atoms with E-state index in [1.807, 2.05) is 31.3 Å². The number of hydrogen-bond donors (Lipinski definition) is 2. The Kier molecular flexibility index (Phi) is 6.87. The van der Waals surface area contributed by atoms with Crippen LogP contribution < -0.4 is 15.5 Å². The molecule has 2 aromatic heterocycles. The largest absolute Gasteiger partial charge is 0.382 e. The Balaban J connectivity index is 1.22. The average molecular weight is 461 g/mol. The number of aryl methyl sites for hydroxylation is 1. The smallest absolute Gasteiger partial charge is 0.227 e. The summed E-state index contributed by atoms with van der Waals surface area (Å²) < 4.78 is 11.1. The number of nitrogens with one attached hydrogen (secondary N) is 2. The van der Waals surface area contributed by atoms with Gasteiger partial charge in [0.25, 0.3) is 0 Å². The van der Waals surface area contributed by atoms with Gasteiger partial charge in [-0.2, -0.15) is 0 Å². The van der Waals surface area contributed by atoms with Gasteiger partial charge in [0, 0.05) is 55.6 Å². The van der Waals surface area contributed by atoms with E-state index in [2.05, 4.69) is 50.6 Å². The Morgan fingerprint density at radius 2 is 2.12 bits per heavy atom. The quantitative estimate of drug-likeness (QED) is 0.431. The second-order valence-corrected chi connectivity index (χ2v) is 8.80. The van der Waals surface area contributed by atoms with Crippen molar-refractivity contribution in [2.45, 2.75) is 38.8 Å². The first kappa shape index (κ1) is 22.6. The summed E-state index contributed by atoms with van der Waals surface area (Å²) in [4.78, 5) is 16.1. The fraction of sp³-hybridized carbons (Fsp3) is 0.423. The zero-order valence-corrected chi connectivity index (χ0v) is 19.8. The standard InChI is InChI=1S/C26H32N6O2/c1-3-33-12-4-10-27-25-8-5-19(15-29-25)23-9-11-28-26(31-23)30-20-6-7-24(18(2)13-20)32-16-22-14-21(32)17-34-22/h5-9,11,13,15,21-22H,3-4,10,12,14,16-17H2,1-2H3,(H,27,29)(H,28,30,31)/t21-,22-/m0/s1. The molecule has 34 heavy (non-hydrogen) atoms. The molecule has 2 atom stereocenters. The molecule has 2 aliphatic rings. The molecule has 2 saturated heterocycles. The van der Waals surface area contributed by atoms with E-state index in [0.717, 1.165) is 68.5 Å². The molecule has 8 heteroatoms. The minimum Gasteiger partial charge on any atom is -0.382 e. The summed E-state index contributed by atoms with van der Waals surface area (Å²) in [6.45, 7) is 8.33. The van der Waals surface area contributed by atoms with Gasteiger partial charge in [-0.15, -0.1) is 0 Å². The molecule has 4 heterocycles. The highest BCUT2D eigenvalue weighted by atomic mass is 16.5. The number of morpholine rings is 1. The number of hydrogen-bond acceptors (Lipinski definition) is 8. The molecule has 8 nitrogen and oxygen atoms in total. The van der Waals surface area contributed by atoms with E-state index in [1.54, 1.807) is 6.20 Å². The SMILES string of the molecule is CCOCCCNc1ccc(-c2ccnc(Nc3ccc(N4C[C@@H]5C[C@H]4CO5)c(C)c3)n2)cn1. The van der Waals surface area contributed by atoms with Crippen LogP contribution in [0.4, 0.5) is 23.1 Å². The van der Waals surface area contributed by atoms with Crippen molar-refractivity contribution in [1.82, 2.24) is 15.0 Å². The summed E-state index contributed by atoms with van der Waals surface area (Å²) in [6, 6.07) is 12.8. The lowest BCUT2D eigenvalue weighted by Crippen LogP contribution is -2.37. The van der Waals surface area contributed by atoms with Crippen LogP contribution in [0.3, 0.4) is 0 Å². The average Bonchev–Trinajstić information content (AvgIpc) is 3.49. The maximum atomic E-state index is 5.75. The summed E-state index contributed by atoms with van der Waals surface area (Å²) in [5.41, 5.74) is 5.28. The number of anilines is 4. The monoisotopic (exact) mass is 460 g/mol. The molecular formula is C26H32N6O2. The number of ether oxygens (including phenoxy) is 2. The van der Waals surface area contributed by atoms with Gasteiger partial charge < -0.3 is 25.0 Å². The molecule has 2 bridgehead atoms. The Labute approximate surface area is 200 Å². The number of nitrogens with zero attached hydrogens (tertiary/aromatic N) is 4. The van der Waals surface area contributed by atoms with Gasteiger partial charge in [-0.25, -0.2) is 15.0 Å².